The number of rotatable bonds is 4. The molecule has 0 bridgehead atoms. The summed E-state index contributed by atoms with van der Waals surface area (Å²) in [6.07, 6.45) is -1.75. The van der Waals surface area contributed by atoms with Crippen LogP contribution in [0.25, 0.3) is 0 Å². The van der Waals surface area contributed by atoms with E-state index >= 15 is 0 Å². The lowest BCUT2D eigenvalue weighted by Crippen LogP contribution is -3.00. The second kappa shape index (κ2) is 8.35. The maximum Gasteiger partial charge on any atom is 0.292 e. The zero-order valence-corrected chi connectivity index (χ0v) is 14.2. The number of hydrogen-bond acceptors (Lipinski definition) is 7. The van der Waals surface area contributed by atoms with Gasteiger partial charge in [-0.15, -0.1) is 4.91 Å². The molecule has 3 rings (SSSR count). The van der Waals surface area contributed by atoms with Crippen LogP contribution in [0.15, 0.2) is 29.8 Å². The number of nitrogens with zero attached hydrogens (tertiary/aromatic N) is 3. The number of nitroso groups, excluding NO2 is 1. The highest BCUT2D eigenvalue weighted by Gasteiger charge is 2.48. The molecule has 25 heavy (non-hydrogen) atoms. The number of aromatic nitrogens is 1. The van der Waals surface area contributed by atoms with Gasteiger partial charge in [-0.3, -0.25) is 5.01 Å². The molecule has 0 aromatic carbocycles. The maximum absolute atomic E-state index is 10.6. The number of hydrogen-bond donors (Lipinski definition) is 4. The van der Waals surface area contributed by atoms with Crippen molar-refractivity contribution in [2.45, 2.75) is 43.0 Å². The molecule has 2 aliphatic rings. The summed E-state index contributed by atoms with van der Waals surface area (Å²) in [6, 6.07) is 3.70. The Morgan fingerprint density at radius 1 is 1.28 bits per heavy atom. The van der Waals surface area contributed by atoms with Gasteiger partial charge >= 0.3 is 0 Å². The predicted molar refractivity (Wildman–Crippen MR) is 80.4 cm³/mol. The van der Waals surface area contributed by atoms with E-state index in [1.54, 1.807) is 23.0 Å². The van der Waals surface area contributed by atoms with E-state index in [1.807, 2.05) is 6.07 Å². The molecule has 0 spiro atoms. The second-order valence-electron chi connectivity index (χ2n) is 6.28. The summed E-state index contributed by atoms with van der Waals surface area (Å²) < 4.78 is 7.16. The summed E-state index contributed by atoms with van der Waals surface area (Å²) in [6.45, 7) is 0.662. The topological polar surface area (TPSA) is 127 Å². The summed E-state index contributed by atoms with van der Waals surface area (Å²) >= 11 is 0. The first kappa shape index (κ1) is 20.0. The predicted octanol–water partition coefficient (Wildman–Crippen LogP) is -4.58. The first-order valence-corrected chi connectivity index (χ1v) is 7.94. The average Bonchev–Trinajstić information content (AvgIpc) is 3.09. The van der Waals surface area contributed by atoms with Crippen LogP contribution >= 0.6 is 0 Å². The normalized spacial score (nSPS) is 35.3. The van der Waals surface area contributed by atoms with E-state index in [0.717, 1.165) is 12.0 Å². The van der Waals surface area contributed by atoms with Gasteiger partial charge in [-0.05, 0) is 12.5 Å². The van der Waals surface area contributed by atoms with Crippen molar-refractivity contribution in [3.63, 3.8) is 0 Å². The fourth-order valence-electron chi connectivity index (χ4n) is 3.33. The molecule has 6 atom stereocenters. The van der Waals surface area contributed by atoms with Crippen LogP contribution in [0.2, 0.25) is 0 Å². The SMILES string of the molecule is O=NN1CCC(c2ccc[n+](C3O[C@H](CO)[C@@H](O)[C@H](O)[C@H]3O)c2)C1.[Cl-]. The van der Waals surface area contributed by atoms with Crippen molar-refractivity contribution in [2.75, 3.05) is 19.7 Å². The van der Waals surface area contributed by atoms with Crippen molar-refractivity contribution in [3.05, 3.63) is 35.0 Å². The Labute approximate surface area is 150 Å². The Morgan fingerprint density at radius 3 is 2.68 bits per heavy atom. The first-order chi connectivity index (χ1) is 11.5. The van der Waals surface area contributed by atoms with Gasteiger partial charge < -0.3 is 37.6 Å². The van der Waals surface area contributed by atoms with Crippen molar-refractivity contribution in [1.29, 1.82) is 0 Å². The van der Waals surface area contributed by atoms with Gasteiger partial charge in [0.2, 0.25) is 0 Å². The molecule has 2 unspecified atom stereocenters. The summed E-state index contributed by atoms with van der Waals surface area (Å²) in [5, 5.41) is 43.7. The van der Waals surface area contributed by atoms with Crippen LogP contribution in [0.1, 0.15) is 24.1 Å². The van der Waals surface area contributed by atoms with Gasteiger partial charge in [0.15, 0.2) is 18.5 Å². The van der Waals surface area contributed by atoms with Crippen molar-refractivity contribution in [1.82, 2.24) is 5.01 Å². The van der Waals surface area contributed by atoms with Crippen LogP contribution in [0.4, 0.5) is 0 Å². The Bertz CT molecular complexity index is 592. The van der Waals surface area contributed by atoms with Crippen LogP contribution in [-0.2, 0) is 4.74 Å². The van der Waals surface area contributed by atoms with Crippen molar-refractivity contribution in [2.24, 2.45) is 5.29 Å². The Hall–Kier alpha value is -1.36. The summed E-state index contributed by atoms with van der Waals surface area (Å²) in [5.41, 5.74) is 0.959. The molecule has 0 amide bonds. The lowest BCUT2D eigenvalue weighted by molar-refractivity contribution is -0.778. The fraction of sp³-hybridized carbons (Fsp3) is 0.667. The number of halogens is 1. The zero-order chi connectivity index (χ0) is 17.3. The van der Waals surface area contributed by atoms with Crippen LogP contribution in [0.5, 0.6) is 0 Å². The zero-order valence-electron chi connectivity index (χ0n) is 13.4. The van der Waals surface area contributed by atoms with E-state index in [9.17, 15) is 25.3 Å². The van der Waals surface area contributed by atoms with Crippen molar-refractivity contribution >= 4 is 0 Å². The molecule has 1 aromatic rings. The number of aliphatic hydroxyl groups excluding tert-OH is 4. The van der Waals surface area contributed by atoms with Crippen LogP contribution < -0.4 is 17.0 Å². The average molecular weight is 376 g/mol. The molecule has 3 heterocycles. The molecule has 10 heteroatoms. The maximum atomic E-state index is 10.6. The van der Waals surface area contributed by atoms with Crippen molar-refractivity contribution < 1.29 is 42.1 Å². The third-order valence-corrected chi connectivity index (χ3v) is 4.76. The minimum absolute atomic E-state index is 0. The highest BCUT2D eigenvalue weighted by atomic mass is 35.5. The summed E-state index contributed by atoms with van der Waals surface area (Å²) in [7, 11) is 0. The van der Waals surface area contributed by atoms with Gasteiger partial charge in [0.1, 0.15) is 18.3 Å². The van der Waals surface area contributed by atoms with Gasteiger partial charge in [-0.2, -0.15) is 4.57 Å². The minimum Gasteiger partial charge on any atom is -1.00 e. The Morgan fingerprint density at radius 2 is 2.04 bits per heavy atom. The molecule has 2 fully saturated rings. The Balaban J connectivity index is 0.00000225. The molecule has 2 aliphatic heterocycles. The lowest BCUT2D eigenvalue weighted by atomic mass is 9.97. The number of pyridine rings is 1. The van der Waals surface area contributed by atoms with Gasteiger partial charge in [0.05, 0.1) is 11.9 Å². The third kappa shape index (κ3) is 3.91. The molecule has 140 valence electrons. The van der Waals surface area contributed by atoms with E-state index in [4.69, 9.17) is 4.74 Å². The molecule has 2 saturated heterocycles. The van der Waals surface area contributed by atoms with Crippen LogP contribution in [-0.4, -0.2) is 69.5 Å². The highest BCUT2D eigenvalue weighted by Crippen LogP contribution is 2.28. The lowest BCUT2D eigenvalue weighted by Gasteiger charge is -2.36. The second-order valence-corrected chi connectivity index (χ2v) is 6.28. The molecule has 0 saturated carbocycles. The molecule has 4 N–H and O–H groups in total. The molecule has 9 nitrogen and oxygen atoms in total. The largest absolute Gasteiger partial charge is 1.00 e. The third-order valence-electron chi connectivity index (χ3n) is 4.76. The van der Waals surface area contributed by atoms with Gasteiger partial charge in [-0.1, -0.05) is 0 Å². The number of aliphatic hydroxyl groups is 4. The van der Waals surface area contributed by atoms with Gasteiger partial charge in [0.25, 0.3) is 6.23 Å². The number of ether oxygens (including phenoxy) is 1. The molecule has 1 aromatic heterocycles. The fourth-order valence-corrected chi connectivity index (χ4v) is 3.33. The highest BCUT2D eigenvalue weighted by molar-refractivity contribution is 5.14. The van der Waals surface area contributed by atoms with Crippen molar-refractivity contribution in [3.8, 4) is 0 Å². The van der Waals surface area contributed by atoms with E-state index in [0.29, 0.717) is 13.1 Å². The van der Waals surface area contributed by atoms with Gasteiger partial charge in [0, 0.05) is 30.6 Å². The molecular weight excluding hydrogens is 354 g/mol. The van der Waals surface area contributed by atoms with Gasteiger partial charge in [-0.25, -0.2) is 0 Å². The summed E-state index contributed by atoms with van der Waals surface area (Å²) in [5.74, 6) is 0.139. The standard InChI is InChI=1S/C15H22N3O6.ClH/c19-8-11-12(20)13(21)14(22)15(24-11)17-4-1-2-9(6-17)10-3-5-18(7-10)16-23;/h1-2,4,6,10-15,19-22H,3,5,7-8H2;1H/q+1;/p-1/t10?,11-,12-,13+,14-,15?;/m1./s1. The molecular formula is C15H22ClN3O6. The van der Waals surface area contributed by atoms with Crippen LogP contribution in [0.3, 0.4) is 0 Å². The van der Waals surface area contributed by atoms with E-state index < -0.39 is 37.3 Å². The quantitative estimate of drug-likeness (QED) is 0.308. The summed E-state index contributed by atoms with van der Waals surface area (Å²) in [4.78, 5) is 10.6. The smallest absolute Gasteiger partial charge is 0.292 e. The monoisotopic (exact) mass is 375 g/mol. The molecule has 0 aliphatic carbocycles. The first-order valence-electron chi connectivity index (χ1n) is 7.94. The van der Waals surface area contributed by atoms with E-state index in [1.165, 1.54) is 5.01 Å². The Kier molecular flexibility index (Phi) is 6.66. The van der Waals surface area contributed by atoms with E-state index in [2.05, 4.69) is 5.29 Å². The van der Waals surface area contributed by atoms with E-state index in [-0.39, 0.29) is 18.3 Å². The molecule has 0 radical (unpaired) electrons. The van der Waals surface area contributed by atoms with Crippen LogP contribution in [0, 0.1) is 4.91 Å². The minimum atomic E-state index is -1.42.